The largest absolute Gasteiger partial charge is 0.495 e. The van der Waals surface area contributed by atoms with Gasteiger partial charge in [-0.2, -0.15) is 0 Å². The predicted molar refractivity (Wildman–Crippen MR) is 92.4 cm³/mol. The number of hydrogen-bond acceptors (Lipinski definition) is 3. The third-order valence-corrected chi connectivity index (χ3v) is 5.33. The standard InChI is InChI=1S/C18H23NO3S/c1-14-12-17(22-3)18(13-15(14)2)23(20,21)19-11-7-10-16-8-5-4-6-9-16/h4-6,8-9,12-13,19H,7,10-11H2,1-3H3. The second kappa shape index (κ2) is 7.62. The minimum absolute atomic E-state index is 0.197. The van der Waals surface area contributed by atoms with Crippen LogP contribution in [0.2, 0.25) is 0 Å². The van der Waals surface area contributed by atoms with E-state index in [1.54, 1.807) is 12.1 Å². The molecular formula is C18H23NO3S. The van der Waals surface area contributed by atoms with E-state index in [0.29, 0.717) is 12.3 Å². The summed E-state index contributed by atoms with van der Waals surface area (Å²) >= 11 is 0. The minimum Gasteiger partial charge on any atom is -0.495 e. The van der Waals surface area contributed by atoms with Gasteiger partial charge in [-0.25, -0.2) is 13.1 Å². The normalized spacial score (nSPS) is 11.4. The van der Waals surface area contributed by atoms with Crippen LogP contribution in [0.3, 0.4) is 0 Å². The van der Waals surface area contributed by atoms with Crippen LogP contribution < -0.4 is 9.46 Å². The van der Waals surface area contributed by atoms with Gasteiger partial charge in [0.25, 0.3) is 0 Å². The first-order chi connectivity index (χ1) is 10.9. The number of ether oxygens (including phenoxy) is 1. The molecule has 0 saturated carbocycles. The summed E-state index contributed by atoms with van der Waals surface area (Å²) in [7, 11) is -2.09. The van der Waals surface area contributed by atoms with Gasteiger partial charge in [-0.05, 0) is 55.5 Å². The van der Waals surface area contributed by atoms with Gasteiger partial charge in [-0.1, -0.05) is 30.3 Å². The summed E-state index contributed by atoms with van der Waals surface area (Å²) in [4.78, 5) is 0.197. The summed E-state index contributed by atoms with van der Waals surface area (Å²) in [6.07, 6.45) is 1.59. The van der Waals surface area contributed by atoms with E-state index in [0.717, 1.165) is 24.0 Å². The van der Waals surface area contributed by atoms with Crippen LogP contribution in [-0.2, 0) is 16.4 Å². The molecule has 0 radical (unpaired) electrons. The van der Waals surface area contributed by atoms with Gasteiger partial charge in [-0.15, -0.1) is 0 Å². The lowest BCUT2D eigenvalue weighted by atomic mass is 10.1. The second-order valence-corrected chi connectivity index (χ2v) is 7.31. The van der Waals surface area contributed by atoms with Gasteiger partial charge < -0.3 is 4.74 Å². The van der Waals surface area contributed by atoms with Crippen LogP contribution in [0.25, 0.3) is 0 Å². The third kappa shape index (κ3) is 4.56. The molecule has 1 N–H and O–H groups in total. The summed E-state index contributed by atoms with van der Waals surface area (Å²) in [5.41, 5.74) is 3.13. The zero-order valence-electron chi connectivity index (χ0n) is 13.8. The molecule has 124 valence electrons. The van der Waals surface area contributed by atoms with Gasteiger partial charge in [0.1, 0.15) is 10.6 Å². The van der Waals surface area contributed by atoms with Crippen LogP contribution in [0.1, 0.15) is 23.1 Å². The molecule has 0 aliphatic carbocycles. The SMILES string of the molecule is COc1cc(C)c(C)cc1S(=O)(=O)NCCCc1ccccc1. The summed E-state index contributed by atoms with van der Waals surface area (Å²) in [6, 6.07) is 13.4. The maximum absolute atomic E-state index is 12.5. The molecule has 2 aromatic carbocycles. The molecule has 5 heteroatoms. The quantitative estimate of drug-likeness (QED) is 0.792. The Hall–Kier alpha value is -1.85. The molecule has 0 saturated heterocycles. The van der Waals surface area contributed by atoms with Crippen molar-refractivity contribution < 1.29 is 13.2 Å². The van der Waals surface area contributed by atoms with Crippen LogP contribution in [0.4, 0.5) is 0 Å². The van der Waals surface area contributed by atoms with Crippen molar-refractivity contribution >= 4 is 10.0 Å². The molecule has 0 spiro atoms. The Bertz CT molecular complexity index is 755. The lowest BCUT2D eigenvalue weighted by Crippen LogP contribution is -2.25. The van der Waals surface area contributed by atoms with Crippen molar-refractivity contribution in [2.75, 3.05) is 13.7 Å². The van der Waals surface area contributed by atoms with Crippen molar-refractivity contribution in [1.29, 1.82) is 0 Å². The zero-order chi connectivity index (χ0) is 16.9. The first-order valence-corrected chi connectivity index (χ1v) is 9.11. The maximum atomic E-state index is 12.5. The summed E-state index contributed by atoms with van der Waals surface area (Å²) < 4.78 is 32.9. The molecular weight excluding hydrogens is 310 g/mol. The molecule has 0 aromatic heterocycles. The molecule has 0 unspecified atom stereocenters. The molecule has 0 fully saturated rings. The molecule has 0 aliphatic heterocycles. The number of aryl methyl sites for hydroxylation is 3. The molecule has 2 aromatic rings. The number of benzene rings is 2. The van der Waals surface area contributed by atoms with Crippen molar-refractivity contribution in [3.8, 4) is 5.75 Å². The molecule has 0 amide bonds. The molecule has 23 heavy (non-hydrogen) atoms. The maximum Gasteiger partial charge on any atom is 0.244 e. The average molecular weight is 333 g/mol. The molecule has 0 bridgehead atoms. The Kier molecular flexibility index (Phi) is 5.80. The number of nitrogens with one attached hydrogen (secondary N) is 1. The summed E-state index contributed by atoms with van der Waals surface area (Å²) in [5.74, 6) is 0.378. The van der Waals surface area contributed by atoms with Gasteiger partial charge >= 0.3 is 0 Å². The zero-order valence-corrected chi connectivity index (χ0v) is 14.6. The van der Waals surface area contributed by atoms with E-state index < -0.39 is 10.0 Å². The van der Waals surface area contributed by atoms with E-state index in [-0.39, 0.29) is 4.90 Å². The Morgan fingerprint density at radius 2 is 1.70 bits per heavy atom. The number of sulfonamides is 1. The average Bonchev–Trinajstić information content (AvgIpc) is 2.54. The van der Waals surface area contributed by atoms with Crippen LogP contribution in [0, 0.1) is 13.8 Å². The van der Waals surface area contributed by atoms with E-state index in [4.69, 9.17) is 4.74 Å². The Morgan fingerprint density at radius 1 is 1.04 bits per heavy atom. The second-order valence-electron chi connectivity index (χ2n) is 5.57. The fourth-order valence-electron chi connectivity index (χ4n) is 2.35. The number of rotatable bonds is 7. The Labute approximate surface area is 138 Å². The van der Waals surface area contributed by atoms with Gasteiger partial charge in [0.15, 0.2) is 0 Å². The van der Waals surface area contributed by atoms with Crippen molar-refractivity contribution in [1.82, 2.24) is 4.72 Å². The smallest absolute Gasteiger partial charge is 0.244 e. The topological polar surface area (TPSA) is 55.4 Å². The van der Waals surface area contributed by atoms with Gasteiger partial charge in [-0.3, -0.25) is 0 Å². The van der Waals surface area contributed by atoms with Gasteiger partial charge in [0.05, 0.1) is 7.11 Å². The van der Waals surface area contributed by atoms with Crippen molar-refractivity contribution in [3.05, 3.63) is 59.2 Å². The molecule has 0 heterocycles. The molecule has 4 nitrogen and oxygen atoms in total. The van der Waals surface area contributed by atoms with Crippen molar-refractivity contribution in [2.24, 2.45) is 0 Å². The highest BCUT2D eigenvalue weighted by Gasteiger charge is 2.20. The van der Waals surface area contributed by atoms with Crippen LogP contribution in [-0.4, -0.2) is 22.1 Å². The molecule has 0 aliphatic rings. The predicted octanol–water partition coefficient (Wildman–Crippen LogP) is 3.22. The van der Waals surface area contributed by atoms with Crippen molar-refractivity contribution in [3.63, 3.8) is 0 Å². The fraction of sp³-hybridized carbons (Fsp3) is 0.333. The van der Waals surface area contributed by atoms with Crippen LogP contribution in [0.15, 0.2) is 47.4 Å². The van der Waals surface area contributed by atoms with Gasteiger partial charge in [0, 0.05) is 6.54 Å². The number of methoxy groups -OCH3 is 1. The lowest BCUT2D eigenvalue weighted by molar-refractivity contribution is 0.401. The Morgan fingerprint density at radius 3 is 2.35 bits per heavy atom. The lowest BCUT2D eigenvalue weighted by Gasteiger charge is -2.13. The van der Waals surface area contributed by atoms with Crippen molar-refractivity contribution in [2.45, 2.75) is 31.6 Å². The highest BCUT2D eigenvalue weighted by molar-refractivity contribution is 7.89. The highest BCUT2D eigenvalue weighted by atomic mass is 32.2. The van der Waals surface area contributed by atoms with E-state index in [9.17, 15) is 8.42 Å². The first-order valence-electron chi connectivity index (χ1n) is 7.63. The fourth-order valence-corrected chi connectivity index (χ4v) is 3.66. The Balaban J connectivity index is 2.03. The summed E-state index contributed by atoms with van der Waals surface area (Å²) in [6.45, 7) is 4.22. The molecule has 2 rings (SSSR count). The van der Waals surface area contributed by atoms with E-state index in [1.807, 2.05) is 44.2 Å². The molecule has 0 atom stereocenters. The third-order valence-electron chi connectivity index (χ3n) is 3.85. The van der Waals surface area contributed by atoms with E-state index in [1.165, 1.54) is 12.7 Å². The minimum atomic E-state index is -3.57. The van der Waals surface area contributed by atoms with E-state index >= 15 is 0 Å². The van der Waals surface area contributed by atoms with Crippen LogP contribution >= 0.6 is 0 Å². The monoisotopic (exact) mass is 333 g/mol. The van der Waals surface area contributed by atoms with Gasteiger partial charge in [0.2, 0.25) is 10.0 Å². The highest BCUT2D eigenvalue weighted by Crippen LogP contribution is 2.27. The summed E-state index contributed by atoms with van der Waals surface area (Å²) in [5, 5.41) is 0. The number of hydrogen-bond donors (Lipinski definition) is 1. The van der Waals surface area contributed by atoms with E-state index in [2.05, 4.69) is 4.72 Å². The van der Waals surface area contributed by atoms with Crippen LogP contribution in [0.5, 0.6) is 5.75 Å². The first kappa shape index (κ1) is 17.5.